The van der Waals surface area contributed by atoms with Crippen molar-refractivity contribution in [2.45, 2.75) is 45.5 Å². The van der Waals surface area contributed by atoms with Crippen molar-refractivity contribution in [3.8, 4) is 0 Å². The first-order valence-electron chi connectivity index (χ1n) is 5.14. The number of allylic oxidation sites excluding steroid dienone is 1. The molecule has 1 saturated heterocycles. The predicted octanol–water partition coefficient (Wildman–Crippen LogP) is 2.06. The Morgan fingerprint density at radius 2 is 2.36 bits per heavy atom. The Bertz CT molecular complexity index is 205. The molecule has 14 heavy (non-hydrogen) atoms. The molecular formula is C11H18O3. The van der Waals surface area contributed by atoms with Gasteiger partial charge in [-0.05, 0) is 39.2 Å². The Morgan fingerprint density at radius 3 is 2.93 bits per heavy atom. The van der Waals surface area contributed by atoms with E-state index in [4.69, 9.17) is 9.47 Å². The minimum atomic E-state index is -0.0876. The first kappa shape index (κ1) is 11.4. The van der Waals surface area contributed by atoms with Gasteiger partial charge in [0.05, 0.1) is 6.10 Å². The lowest BCUT2D eigenvalue weighted by Crippen LogP contribution is -2.25. The van der Waals surface area contributed by atoms with Gasteiger partial charge in [-0.25, -0.2) is 0 Å². The minimum Gasteiger partial charge on any atom is -0.353 e. The first-order chi connectivity index (χ1) is 6.68. The Morgan fingerprint density at radius 1 is 1.57 bits per heavy atom. The fourth-order valence-corrected chi connectivity index (χ4v) is 1.37. The Balaban J connectivity index is 2.24. The van der Waals surface area contributed by atoms with Gasteiger partial charge >= 0.3 is 0 Å². The zero-order valence-electron chi connectivity index (χ0n) is 8.86. The van der Waals surface area contributed by atoms with Gasteiger partial charge in [0.2, 0.25) is 0 Å². The van der Waals surface area contributed by atoms with Crippen LogP contribution < -0.4 is 0 Å². The van der Waals surface area contributed by atoms with Gasteiger partial charge in [0.25, 0.3) is 0 Å². The number of ketones is 1. The minimum absolute atomic E-state index is 0.0463. The molecule has 0 N–H and O–H groups in total. The van der Waals surface area contributed by atoms with Crippen LogP contribution in [-0.2, 0) is 14.3 Å². The van der Waals surface area contributed by atoms with Crippen LogP contribution in [0.3, 0.4) is 0 Å². The SMILES string of the molecule is CC(=O)C=C[C@H](C)OC1CCCCO1. The van der Waals surface area contributed by atoms with E-state index in [1.807, 2.05) is 6.92 Å². The molecule has 0 spiro atoms. The monoisotopic (exact) mass is 198 g/mol. The highest BCUT2D eigenvalue weighted by atomic mass is 16.7. The summed E-state index contributed by atoms with van der Waals surface area (Å²) < 4.78 is 11.0. The number of hydrogen-bond acceptors (Lipinski definition) is 3. The summed E-state index contributed by atoms with van der Waals surface area (Å²) in [6, 6.07) is 0. The molecule has 3 nitrogen and oxygen atoms in total. The zero-order valence-corrected chi connectivity index (χ0v) is 8.86. The molecule has 0 aromatic rings. The average molecular weight is 198 g/mol. The summed E-state index contributed by atoms with van der Waals surface area (Å²) >= 11 is 0. The van der Waals surface area contributed by atoms with E-state index in [1.54, 1.807) is 6.08 Å². The molecule has 1 fully saturated rings. The molecule has 1 rings (SSSR count). The Labute approximate surface area is 85.1 Å². The molecule has 0 aromatic carbocycles. The molecule has 1 aliphatic rings. The molecule has 0 amide bonds. The van der Waals surface area contributed by atoms with Gasteiger partial charge in [0.15, 0.2) is 12.1 Å². The van der Waals surface area contributed by atoms with E-state index < -0.39 is 0 Å². The van der Waals surface area contributed by atoms with Crippen LogP contribution in [0.2, 0.25) is 0 Å². The van der Waals surface area contributed by atoms with Crippen molar-refractivity contribution >= 4 is 5.78 Å². The third-order valence-corrected chi connectivity index (χ3v) is 2.11. The van der Waals surface area contributed by atoms with Crippen LogP contribution in [0.1, 0.15) is 33.1 Å². The first-order valence-corrected chi connectivity index (χ1v) is 5.14. The van der Waals surface area contributed by atoms with Crippen molar-refractivity contribution in [3.63, 3.8) is 0 Å². The second-order valence-corrected chi connectivity index (χ2v) is 3.61. The van der Waals surface area contributed by atoms with E-state index in [1.165, 1.54) is 13.0 Å². The standard InChI is InChI=1S/C11H18O3/c1-9(12)6-7-10(2)14-11-5-3-4-8-13-11/h6-7,10-11H,3-5,8H2,1-2H3/t10-,11?/m0/s1. The summed E-state index contributed by atoms with van der Waals surface area (Å²) in [7, 11) is 0. The molecule has 0 aliphatic carbocycles. The quantitative estimate of drug-likeness (QED) is 0.649. The zero-order chi connectivity index (χ0) is 10.4. The Kier molecular flexibility index (Phi) is 4.84. The fraction of sp³-hybridized carbons (Fsp3) is 0.727. The second-order valence-electron chi connectivity index (χ2n) is 3.61. The van der Waals surface area contributed by atoms with Crippen LogP contribution >= 0.6 is 0 Å². The molecular weight excluding hydrogens is 180 g/mol. The number of carbonyl (C=O) groups is 1. The highest BCUT2D eigenvalue weighted by Gasteiger charge is 2.15. The van der Waals surface area contributed by atoms with Gasteiger partial charge in [-0.2, -0.15) is 0 Å². The van der Waals surface area contributed by atoms with Gasteiger partial charge in [-0.1, -0.05) is 6.08 Å². The summed E-state index contributed by atoms with van der Waals surface area (Å²) in [6.07, 6.45) is 6.40. The van der Waals surface area contributed by atoms with Gasteiger partial charge < -0.3 is 9.47 Å². The average Bonchev–Trinajstić information content (AvgIpc) is 2.16. The van der Waals surface area contributed by atoms with Crippen LogP contribution in [-0.4, -0.2) is 24.8 Å². The Hall–Kier alpha value is -0.670. The molecule has 2 atom stereocenters. The fourth-order valence-electron chi connectivity index (χ4n) is 1.37. The van der Waals surface area contributed by atoms with Crippen LogP contribution in [0.5, 0.6) is 0 Å². The van der Waals surface area contributed by atoms with Crippen molar-refractivity contribution in [1.82, 2.24) is 0 Å². The van der Waals surface area contributed by atoms with Gasteiger partial charge in [0.1, 0.15) is 0 Å². The van der Waals surface area contributed by atoms with Crippen molar-refractivity contribution in [2.75, 3.05) is 6.61 Å². The smallest absolute Gasteiger partial charge is 0.158 e. The number of rotatable bonds is 4. The molecule has 0 radical (unpaired) electrons. The summed E-state index contributed by atoms with van der Waals surface area (Å²) in [6.45, 7) is 4.23. The molecule has 1 aliphatic heterocycles. The number of hydrogen-bond donors (Lipinski definition) is 0. The lowest BCUT2D eigenvalue weighted by atomic mass is 10.2. The van der Waals surface area contributed by atoms with Crippen molar-refractivity contribution in [1.29, 1.82) is 0 Å². The molecule has 1 unspecified atom stereocenters. The van der Waals surface area contributed by atoms with E-state index in [0.717, 1.165) is 25.9 Å². The van der Waals surface area contributed by atoms with Crippen molar-refractivity contribution in [2.24, 2.45) is 0 Å². The van der Waals surface area contributed by atoms with Crippen LogP contribution in [0.25, 0.3) is 0 Å². The molecule has 0 aromatic heterocycles. The second kappa shape index (κ2) is 5.94. The maximum atomic E-state index is 10.7. The van der Waals surface area contributed by atoms with Gasteiger partial charge in [-0.3, -0.25) is 4.79 Å². The summed E-state index contributed by atoms with van der Waals surface area (Å²) in [4.78, 5) is 10.7. The van der Waals surface area contributed by atoms with E-state index >= 15 is 0 Å². The van der Waals surface area contributed by atoms with Gasteiger partial charge in [0, 0.05) is 6.61 Å². The highest BCUT2D eigenvalue weighted by molar-refractivity contribution is 5.87. The number of carbonyl (C=O) groups excluding carboxylic acids is 1. The topological polar surface area (TPSA) is 35.5 Å². The van der Waals surface area contributed by atoms with E-state index in [9.17, 15) is 4.79 Å². The van der Waals surface area contributed by atoms with Crippen LogP contribution in [0, 0.1) is 0 Å². The maximum Gasteiger partial charge on any atom is 0.158 e. The van der Waals surface area contributed by atoms with E-state index in [2.05, 4.69) is 0 Å². The van der Waals surface area contributed by atoms with E-state index in [-0.39, 0.29) is 18.2 Å². The summed E-state index contributed by atoms with van der Waals surface area (Å²) in [5.41, 5.74) is 0. The van der Waals surface area contributed by atoms with Crippen molar-refractivity contribution in [3.05, 3.63) is 12.2 Å². The highest BCUT2D eigenvalue weighted by Crippen LogP contribution is 2.15. The maximum absolute atomic E-state index is 10.7. The lowest BCUT2D eigenvalue weighted by Gasteiger charge is -2.24. The van der Waals surface area contributed by atoms with Gasteiger partial charge in [-0.15, -0.1) is 0 Å². The van der Waals surface area contributed by atoms with Crippen LogP contribution in [0.4, 0.5) is 0 Å². The largest absolute Gasteiger partial charge is 0.353 e. The lowest BCUT2D eigenvalue weighted by molar-refractivity contribution is -0.175. The predicted molar refractivity (Wildman–Crippen MR) is 54.0 cm³/mol. The molecule has 3 heteroatoms. The summed E-state index contributed by atoms with van der Waals surface area (Å²) in [5.74, 6) is 0.0463. The number of ether oxygens (including phenoxy) is 2. The summed E-state index contributed by atoms with van der Waals surface area (Å²) in [5, 5.41) is 0. The molecule has 80 valence electrons. The molecule has 1 heterocycles. The molecule has 0 saturated carbocycles. The van der Waals surface area contributed by atoms with Crippen LogP contribution in [0.15, 0.2) is 12.2 Å². The third-order valence-electron chi connectivity index (χ3n) is 2.11. The normalized spacial score (nSPS) is 25.1. The van der Waals surface area contributed by atoms with Crippen molar-refractivity contribution < 1.29 is 14.3 Å². The van der Waals surface area contributed by atoms with E-state index in [0.29, 0.717) is 0 Å². The third kappa shape index (κ3) is 4.53. The molecule has 0 bridgehead atoms.